The van der Waals surface area contributed by atoms with Crippen LogP contribution in [0.25, 0.3) is 10.9 Å². The summed E-state index contributed by atoms with van der Waals surface area (Å²) in [5.74, 6) is 1.78. The Morgan fingerprint density at radius 3 is 2.78 bits per heavy atom. The zero-order valence-electron chi connectivity index (χ0n) is 21.7. The molecule has 0 radical (unpaired) electrons. The van der Waals surface area contributed by atoms with Gasteiger partial charge in [0.1, 0.15) is 5.78 Å². The van der Waals surface area contributed by atoms with Gasteiger partial charge >= 0.3 is 0 Å². The number of carbonyl (C=O) groups is 1. The molecule has 0 fully saturated rings. The number of allylic oxidation sites excluding steroid dienone is 1. The van der Waals surface area contributed by atoms with Crippen molar-refractivity contribution in [2.45, 2.75) is 78.6 Å². The zero-order valence-corrected chi connectivity index (χ0v) is 21.7. The summed E-state index contributed by atoms with van der Waals surface area (Å²) in [6, 6.07) is 7.35. The van der Waals surface area contributed by atoms with Crippen molar-refractivity contribution < 1.29 is 19.7 Å². The summed E-state index contributed by atoms with van der Waals surface area (Å²) < 4.78 is 8.13. The third-order valence-electron chi connectivity index (χ3n) is 7.33. The fourth-order valence-electron chi connectivity index (χ4n) is 4.99. The molecule has 4 rings (SSSR count). The van der Waals surface area contributed by atoms with Crippen LogP contribution in [0, 0.1) is 17.8 Å². The fourth-order valence-corrected chi connectivity index (χ4v) is 4.99. The zero-order chi connectivity index (χ0) is 25.7. The molecule has 0 saturated heterocycles. The van der Waals surface area contributed by atoms with Crippen molar-refractivity contribution >= 4 is 16.7 Å². The van der Waals surface area contributed by atoms with E-state index >= 15 is 0 Å². The van der Waals surface area contributed by atoms with E-state index in [4.69, 9.17) is 4.74 Å². The van der Waals surface area contributed by atoms with Gasteiger partial charge in [-0.2, -0.15) is 0 Å². The lowest BCUT2D eigenvalue weighted by Gasteiger charge is -2.24. The van der Waals surface area contributed by atoms with Gasteiger partial charge in [-0.05, 0) is 67.7 Å². The van der Waals surface area contributed by atoms with Crippen molar-refractivity contribution in [1.82, 2.24) is 9.55 Å². The number of Topliss-reactive ketones (excluding diaryl/α,β-unsaturated/α-hetero) is 1. The number of aliphatic hydroxyl groups is 1. The second-order valence-corrected chi connectivity index (χ2v) is 10.8. The van der Waals surface area contributed by atoms with Gasteiger partial charge in [0, 0.05) is 42.2 Å². The molecule has 2 aromatic heterocycles. The lowest BCUT2D eigenvalue weighted by Crippen LogP contribution is -2.24. The van der Waals surface area contributed by atoms with Gasteiger partial charge in [-0.3, -0.25) is 4.79 Å². The van der Waals surface area contributed by atoms with E-state index in [1.807, 2.05) is 18.3 Å². The summed E-state index contributed by atoms with van der Waals surface area (Å²) in [5.41, 5.74) is 3.23. The Bertz CT molecular complexity index is 1190. The molecule has 0 unspecified atom stereocenters. The Labute approximate surface area is 214 Å². The topological polar surface area (TPSA) is 87.5 Å². The third kappa shape index (κ3) is 6.61. The lowest BCUT2D eigenvalue weighted by molar-refractivity contribution is -0.121. The van der Waals surface area contributed by atoms with E-state index in [0.717, 1.165) is 36.8 Å². The number of fused-ring (bicyclic) bond motifs is 1. The summed E-state index contributed by atoms with van der Waals surface area (Å²) in [6.45, 7) is 6.91. The predicted octanol–water partition coefficient (Wildman–Crippen LogP) is 6.16. The Hall–Kier alpha value is -2.99. The fraction of sp³-hybridized carbons (Fsp3) is 0.500. The molecular formula is C30H40N2O4. The maximum absolute atomic E-state index is 12.5. The number of carbonyl (C=O) groups excluding carboxylic acids is 1. The smallest absolute Gasteiger partial charge is 0.165 e. The third-order valence-corrected chi connectivity index (χ3v) is 7.33. The number of hydrogen-bond donors (Lipinski definition) is 3. The highest BCUT2D eigenvalue weighted by Gasteiger charge is 2.22. The summed E-state index contributed by atoms with van der Waals surface area (Å²) in [6.07, 6.45) is 12.7. The SMILES string of the molecule is CC(C)CCc1c2cc[nH]c2cn1COc1cc(CCC(=O)C[C@H](O)[C@@H]2C=C[C@H](C)CC2)ccc1O. The largest absolute Gasteiger partial charge is 0.504 e. The van der Waals surface area contributed by atoms with E-state index in [9.17, 15) is 15.0 Å². The number of aromatic hydroxyl groups is 1. The van der Waals surface area contributed by atoms with Gasteiger partial charge < -0.3 is 24.5 Å². The first-order valence-electron chi connectivity index (χ1n) is 13.3. The lowest BCUT2D eigenvalue weighted by atomic mass is 9.84. The number of H-pyrrole nitrogens is 1. The number of hydrogen-bond acceptors (Lipinski definition) is 4. The maximum Gasteiger partial charge on any atom is 0.165 e. The first kappa shape index (κ1) is 26.1. The molecule has 194 valence electrons. The highest BCUT2D eigenvalue weighted by Crippen LogP contribution is 2.30. The molecule has 3 N–H and O–H groups in total. The van der Waals surface area contributed by atoms with Crippen LogP contribution in [-0.2, 0) is 24.4 Å². The van der Waals surface area contributed by atoms with E-state index in [2.05, 4.69) is 54.7 Å². The average Bonchev–Trinajstić information content (AvgIpc) is 3.43. The van der Waals surface area contributed by atoms with Gasteiger partial charge in [0.2, 0.25) is 0 Å². The van der Waals surface area contributed by atoms with Crippen molar-refractivity contribution in [2.75, 3.05) is 0 Å². The molecule has 1 aromatic carbocycles. The molecule has 0 saturated carbocycles. The number of rotatable bonds is 12. The van der Waals surface area contributed by atoms with Crippen molar-refractivity contribution in [3.63, 3.8) is 0 Å². The van der Waals surface area contributed by atoms with Crippen LogP contribution in [0.5, 0.6) is 11.5 Å². The molecule has 2 heterocycles. The van der Waals surface area contributed by atoms with Crippen LogP contribution in [0.1, 0.15) is 64.1 Å². The highest BCUT2D eigenvalue weighted by atomic mass is 16.5. The molecule has 6 nitrogen and oxygen atoms in total. The molecule has 0 amide bonds. The number of ether oxygens (including phenoxy) is 1. The van der Waals surface area contributed by atoms with Crippen LogP contribution in [0.3, 0.4) is 0 Å². The Morgan fingerprint density at radius 2 is 2.03 bits per heavy atom. The number of nitrogens with zero attached hydrogens (tertiary/aromatic N) is 1. The molecule has 1 aliphatic rings. The predicted molar refractivity (Wildman–Crippen MR) is 143 cm³/mol. The van der Waals surface area contributed by atoms with Gasteiger partial charge in [-0.1, -0.05) is 39.0 Å². The molecule has 36 heavy (non-hydrogen) atoms. The Morgan fingerprint density at radius 1 is 1.19 bits per heavy atom. The number of aromatic amines is 1. The van der Waals surface area contributed by atoms with E-state index in [-0.39, 0.29) is 23.9 Å². The standard InChI is InChI=1S/C30H40N2O4/c1-20(2)4-12-27-25-14-15-31-26(25)18-32(27)19-36-30-16-22(8-13-28(30)34)7-11-24(33)17-29(35)23-9-5-21(3)6-10-23/h5,8-9,13-16,18,20-21,23,29,31,34-35H,4,6-7,10-12,17,19H2,1-3H3/t21-,23+,29-/m0/s1. The number of phenolic OH excluding ortho intramolecular Hbond substituents is 1. The molecule has 3 atom stereocenters. The number of nitrogens with one attached hydrogen (secondary N) is 1. The monoisotopic (exact) mass is 492 g/mol. The second-order valence-electron chi connectivity index (χ2n) is 10.8. The van der Waals surface area contributed by atoms with Gasteiger partial charge in [-0.25, -0.2) is 0 Å². The van der Waals surface area contributed by atoms with Gasteiger partial charge in [-0.15, -0.1) is 0 Å². The second kappa shape index (κ2) is 11.8. The number of aryl methyl sites for hydroxylation is 2. The number of aliphatic hydroxyl groups excluding tert-OH is 1. The summed E-state index contributed by atoms with van der Waals surface area (Å²) in [4.78, 5) is 15.8. The molecule has 0 bridgehead atoms. The normalized spacial score (nSPS) is 18.7. The number of ketones is 1. The van der Waals surface area contributed by atoms with Crippen molar-refractivity contribution in [3.8, 4) is 11.5 Å². The number of phenols is 1. The summed E-state index contributed by atoms with van der Waals surface area (Å²) in [7, 11) is 0. The molecule has 6 heteroatoms. The molecule has 3 aromatic rings. The molecule has 1 aliphatic carbocycles. The van der Waals surface area contributed by atoms with E-state index in [1.165, 1.54) is 11.1 Å². The van der Waals surface area contributed by atoms with E-state index in [1.54, 1.807) is 6.07 Å². The summed E-state index contributed by atoms with van der Waals surface area (Å²) >= 11 is 0. The van der Waals surface area contributed by atoms with Crippen LogP contribution < -0.4 is 4.74 Å². The Kier molecular flexibility index (Phi) is 8.57. The Balaban J connectivity index is 1.34. The maximum atomic E-state index is 12.5. The van der Waals surface area contributed by atoms with Crippen molar-refractivity contribution in [2.24, 2.45) is 17.8 Å². The quantitative estimate of drug-likeness (QED) is 0.264. The van der Waals surface area contributed by atoms with Crippen LogP contribution in [0.4, 0.5) is 0 Å². The van der Waals surface area contributed by atoms with Crippen LogP contribution in [0.15, 0.2) is 48.8 Å². The van der Waals surface area contributed by atoms with Crippen molar-refractivity contribution in [3.05, 3.63) is 60.1 Å². The minimum Gasteiger partial charge on any atom is -0.504 e. The van der Waals surface area contributed by atoms with Crippen LogP contribution in [0.2, 0.25) is 0 Å². The van der Waals surface area contributed by atoms with Crippen molar-refractivity contribution in [1.29, 1.82) is 0 Å². The van der Waals surface area contributed by atoms with Gasteiger partial charge in [0.25, 0.3) is 0 Å². The van der Waals surface area contributed by atoms with Gasteiger partial charge in [0.05, 0.1) is 11.6 Å². The molecule has 0 spiro atoms. The van der Waals surface area contributed by atoms with E-state index in [0.29, 0.717) is 37.2 Å². The van der Waals surface area contributed by atoms with Gasteiger partial charge in [0.15, 0.2) is 18.2 Å². The highest BCUT2D eigenvalue weighted by molar-refractivity contribution is 5.82. The number of benzene rings is 1. The van der Waals surface area contributed by atoms with Crippen LogP contribution in [-0.4, -0.2) is 31.7 Å². The first-order valence-corrected chi connectivity index (χ1v) is 13.3. The van der Waals surface area contributed by atoms with E-state index < -0.39 is 6.10 Å². The summed E-state index contributed by atoms with van der Waals surface area (Å²) in [5, 5.41) is 22.1. The first-order chi connectivity index (χ1) is 17.3. The molecule has 0 aliphatic heterocycles. The average molecular weight is 493 g/mol. The minimum absolute atomic E-state index is 0.0577. The van der Waals surface area contributed by atoms with Crippen LogP contribution >= 0.6 is 0 Å². The molecular weight excluding hydrogens is 452 g/mol. The number of aromatic nitrogens is 2. The minimum atomic E-state index is -0.614.